The minimum Gasteiger partial charge on any atom is -0.274 e. The van der Waals surface area contributed by atoms with Gasteiger partial charge in [-0.2, -0.15) is 0 Å². The van der Waals surface area contributed by atoms with Crippen molar-refractivity contribution in [2.24, 2.45) is 0 Å². The van der Waals surface area contributed by atoms with E-state index in [2.05, 4.69) is 103 Å². The fourth-order valence-electron chi connectivity index (χ4n) is 3.02. The van der Waals surface area contributed by atoms with Gasteiger partial charge in [-0.1, -0.05) is 66.2 Å². The Balaban J connectivity index is 2.11. The Bertz CT molecular complexity index is 768. The first-order valence-electron chi connectivity index (χ1n) is 7.86. The lowest BCUT2D eigenvalue weighted by Crippen LogP contribution is -2.13. The standard InChI is InChI=1S/C21H23NS/c1-17(2)21(19-12-8-5-9-13-19)23(22-3)15-14-20(16-23)18-10-6-4-7-11-18/h4-16,22H,1-3H3. The molecule has 1 heterocycles. The van der Waals surface area contributed by atoms with Gasteiger partial charge in [0.2, 0.25) is 0 Å². The number of rotatable bonds is 4. The average molecular weight is 321 g/mol. The molecule has 1 nitrogen and oxygen atoms in total. The third-order valence-corrected chi connectivity index (χ3v) is 7.23. The highest BCUT2D eigenvalue weighted by atomic mass is 32.3. The molecule has 0 fully saturated rings. The molecule has 0 bridgehead atoms. The van der Waals surface area contributed by atoms with Crippen molar-refractivity contribution in [1.29, 1.82) is 0 Å². The van der Waals surface area contributed by atoms with Crippen molar-refractivity contribution >= 4 is 20.7 Å². The van der Waals surface area contributed by atoms with Crippen molar-refractivity contribution in [1.82, 2.24) is 4.72 Å². The average Bonchev–Trinajstić information content (AvgIpc) is 3.02. The molecule has 2 heteroatoms. The van der Waals surface area contributed by atoms with Crippen molar-refractivity contribution in [3.8, 4) is 0 Å². The van der Waals surface area contributed by atoms with Gasteiger partial charge in [0.1, 0.15) is 0 Å². The van der Waals surface area contributed by atoms with Crippen LogP contribution in [-0.4, -0.2) is 7.05 Å². The summed E-state index contributed by atoms with van der Waals surface area (Å²) in [4.78, 5) is 1.41. The van der Waals surface area contributed by atoms with E-state index in [4.69, 9.17) is 0 Å². The maximum atomic E-state index is 3.62. The van der Waals surface area contributed by atoms with Gasteiger partial charge in [0.05, 0.1) is 0 Å². The van der Waals surface area contributed by atoms with Gasteiger partial charge in [-0.3, -0.25) is 4.72 Å². The Kier molecular flexibility index (Phi) is 4.56. The van der Waals surface area contributed by atoms with E-state index in [1.807, 2.05) is 0 Å². The Labute approximate surface area is 140 Å². The van der Waals surface area contributed by atoms with E-state index in [0.717, 1.165) is 0 Å². The minimum atomic E-state index is -1.30. The van der Waals surface area contributed by atoms with Gasteiger partial charge in [0, 0.05) is 4.91 Å². The smallest absolute Gasteiger partial charge is 0.0156 e. The van der Waals surface area contributed by atoms with E-state index < -0.39 is 10.2 Å². The van der Waals surface area contributed by atoms with Gasteiger partial charge in [0.25, 0.3) is 0 Å². The molecule has 1 N–H and O–H groups in total. The number of hydrogen-bond donors (Lipinski definition) is 1. The zero-order valence-electron chi connectivity index (χ0n) is 13.9. The van der Waals surface area contributed by atoms with Gasteiger partial charge in [-0.25, -0.2) is 0 Å². The molecule has 23 heavy (non-hydrogen) atoms. The molecule has 2 aromatic rings. The van der Waals surface area contributed by atoms with Gasteiger partial charge >= 0.3 is 0 Å². The van der Waals surface area contributed by atoms with Gasteiger partial charge in [0.15, 0.2) is 0 Å². The van der Waals surface area contributed by atoms with Gasteiger partial charge < -0.3 is 0 Å². The third kappa shape index (κ3) is 3.05. The van der Waals surface area contributed by atoms with Crippen LogP contribution in [0.15, 0.2) is 83.1 Å². The predicted octanol–water partition coefficient (Wildman–Crippen LogP) is 5.94. The summed E-state index contributed by atoms with van der Waals surface area (Å²) in [6, 6.07) is 21.3. The number of hydrogen-bond acceptors (Lipinski definition) is 1. The topological polar surface area (TPSA) is 12.0 Å². The molecule has 1 aliphatic heterocycles. The van der Waals surface area contributed by atoms with E-state index in [-0.39, 0.29) is 0 Å². The monoisotopic (exact) mass is 321 g/mol. The van der Waals surface area contributed by atoms with Crippen LogP contribution in [-0.2, 0) is 0 Å². The second-order valence-corrected chi connectivity index (χ2v) is 8.59. The highest BCUT2D eigenvalue weighted by Gasteiger charge is 2.28. The molecule has 1 aliphatic rings. The first-order chi connectivity index (χ1) is 11.2. The highest BCUT2D eigenvalue weighted by molar-refractivity contribution is 8.44. The molecule has 0 radical (unpaired) electrons. The summed E-state index contributed by atoms with van der Waals surface area (Å²) < 4.78 is 3.62. The van der Waals surface area contributed by atoms with Crippen molar-refractivity contribution < 1.29 is 0 Å². The molecule has 0 aliphatic carbocycles. The first kappa shape index (κ1) is 15.9. The van der Waals surface area contributed by atoms with E-state index in [1.165, 1.54) is 27.2 Å². The molecule has 0 spiro atoms. The maximum Gasteiger partial charge on any atom is 0.0156 e. The van der Waals surface area contributed by atoms with Crippen LogP contribution in [0.25, 0.3) is 10.5 Å². The molecule has 2 aromatic carbocycles. The summed E-state index contributed by atoms with van der Waals surface area (Å²) in [5, 5.41) is 4.77. The fourth-order valence-corrected chi connectivity index (χ4v) is 5.99. The molecule has 0 saturated carbocycles. The quantitative estimate of drug-likeness (QED) is 0.734. The lowest BCUT2D eigenvalue weighted by molar-refractivity contribution is 1.28. The van der Waals surface area contributed by atoms with Gasteiger partial charge in [-0.15, -0.1) is 10.2 Å². The second kappa shape index (κ2) is 6.61. The molecule has 0 amide bonds. The number of nitrogens with one attached hydrogen (secondary N) is 1. The molecule has 1 unspecified atom stereocenters. The summed E-state index contributed by atoms with van der Waals surface area (Å²) in [5.74, 6) is 0. The fraction of sp³-hybridized carbons (Fsp3) is 0.143. The molecule has 0 saturated heterocycles. The Morgan fingerprint density at radius 2 is 1.48 bits per heavy atom. The molecule has 0 aromatic heterocycles. The van der Waals surface area contributed by atoms with Crippen LogP contribution in [0.3, 0.4) is 0 Å². The maximum absolute atomic E-state index is 3.62. The summed E-state index contributed by atoms with van der Waals surface area (Å²) >= 11 is 0. The van der Waals surface area contributed by atoms with Crippen molar-refractivity contribution in [3.05, 3.63) is 94.3 Å². The van der Waals surface area contributed by atoms with E-state index in [0.29, 0.717) is 0 Å². The van der Waals surface area contributed by atoms with Crippen molar-refractivity contribution in [2.45, 2.75) is 13.8 Å². The van der Waals surface area contributed by atoms with Crippen LogP contribution in [0.5, 0.6) is 0 Å². The molecule has 3 rings (SSSR count). The van der Waals surface area contributed by atoms with Crippen LogP contribution in [0, 0.1) is 0 Å². The summed E-state index contributed by atoms with van der Waals surface area (Å²) in [6.45, 7) is 4.41. The van der Waals surface area contributed by atoms with Crippen molar-refractivity contribution in [2.75, 3.05) is 7.05 Å². The number of benzene rings is 2. The van der Waals surface area contributed by atoms with Crippen LogP contribution >= 0.6 is 10.2 Å². The minimum absolute atomic E-state index is 1.27. The van der Waals surface area contributed by atoms with E-state index in [9.17, 15) is 0 Å². The van der Waals surface area contributed by atoms with Crippen LogP contribution in [0.4, 0.5) is 0 Å². The van der Waals surface area contributed by atoms with Crippen LogP contribution in [0.1, 0.15) is 25.0 Å². The zero-order valence-corrected chi connectivity index (χ0v) is 14.7. The van der Waals surface area contributed by atoms with Crippen molar-refractivity contribution in [3.63, 3.8) is 0 Å². The summed E-state index contributed by atoms with van der Waals surface area (Å²) in [6.07, 6.45) is 2.26. The van der Waals surface area contributed by atoms with E-state index >= 15 is 0 Å². The Morgan fingerprint density at radius 3 is 2.04 bits per heavy atom. The molecular formula is C21H23NS. The lowest BCUT2D eigenvalue weighted by Gasteiger charge is -2.35. The normalized spacial score (nSPS) is 22.3. The zero-order chi connectivity index (χ0) is 16.3. The van der Waals surface area contributed by atoms with Crippen LogP contribution in [0.2, 0.25) is 0 Å². The molecule has 118 valence electrons. The summed E-state index contributed by atoms with van der Waals surface area (Å²) in [7, 11) is 0.763. The second-order valence-electron chi connectivity index (χ2n) is 5.85. The lowest BCUT2D eigenvalue weighted by atomic mass is 10.1. The molecule has 1 atom stereocenters. The highest BCUT2D eigenvalue weighted by Crippen LogP contribution is 2.64. The van der Waals surface area contributed by atoms with Gasteiger partial charge in [-0.05, 0) is 54.5 Å². The third-order valence-electron chi connectivity index (χ3n) is 4.05. The van der Waals surface area contributed by atoms with E-state index in [1.54, 1.807) is 0 Å². The Hall–Kier alpha value is -2.03. The molecular weight excluding hydrogens is 298 g/mol. The predicted molar refractivity (Wildman–Crippen MR) is 105 cm³/mol. The SMILES string of the molecule is CNS1(C(=C(C)C)c2ccccc2)C=CC(c2ccccc2)=C1. The largest absolute Gasteiger partial charge is 0.274 e. The number of allylic oxidation sites excluding steroid dienone is 3. The first-order valence-corrected chi connectivity index (χ1v) is 9.62. The Morgan fingerprint density at radius 1 is 0.870 bits per heavy atom. The summed E-state index contributed by atoms with van der Waals surface area (Å²) in [5.41, 5.74) is 5.22. The van der Waals surface area contributed by atoms with Crippen LogP contribution < -0.4 is 4.72 Å².